The molecule has 1 aliphatic rings. The molecule has 0 aliphatic carbocycles. The lowest BCUT2D eigenvalue weighted by atomic mass is 9.96. The second kappa shape index (κ2) is 8.83. The topological polar surface area (TPSA) is 71.0 Å². The number of rotatable bonds is 4. The van der Waals surface area contributed by atoms with Gasteiger partial charge in [0.25, 0.3) is 0 Å². The van der Waals surface area contributed by atoms with E-state index in [9.17, 15) is 4.79 Å². The first-order valence-electron chi connectivity index (χ1n) is 8.95. The average molecular weight is 469 g/mol. The molecule has 0 bridgehead atoms. The van der Waals surface area contributed by atoms with Crippen molar-refractivity contribution in [1.82, 2.24) is 15.2 Å². The van der Waals surface area contributed by atoms with Crippen molar-refractivity contribution < 1.29 is 4.79 Å². The van der Waals surface area contributed by atoms with Gasteiger partial charge in [0.2, 0.25) is 5.91 Å². The third-order valence-corrected chi connectivity index (χ3v) is 6.26. The summed E-state index contributed by atoms with van der Waals surface area (Å²) >= 11 is 19.3. The Morgan fingerprint density at radius 3 is 2.59 bits per heavy atom. The highest BCUT2D eigenvalue weighted by molar-refractivity contribution is 7.14. The van der Waals surface area contributed by atoms with Gasteiger partial charge in [0.05, 0.1) is 10.7 Å². The fraction of sp³-hybridized carbons (Fsp3) is 0.263. The Labute approximate surface area is 186 Å². The van der Waals surface area contributed by atoms with Gasteiger partial charge >= 0.3 is 0 Å². The van der Waals surface area contributed by atoms with E-state index in [2.05, 4.69) is 25.4 Å². The number of nitrogens with one attached hydrogen (secondary N) is 1. The van der Waals surface area contributed by atoms with E-state index < -0.39 is 0 Å². The maximum Gasteiger partial charge on any atom is 0.229 e. The van der Waals surface area contributed by atoms with E-state index in [1.807, 2.05) is 17.5 Å². The summed E-state index contributed by atoms with van der Waals surface area (Å²) in [6, 6.07) is 8.82. The number of benzene rings is 1. The van der Waals surface area contributed by atoms with Crippen LogP contribution in [0.2, 0.25) is 15.2 Å². The number of halogens is 3. The first kappa shape index (κ1) is 20.3. The molecule has 29 heavy (non-hydrogen) atoms. The second-order valence-electron chi connectivity index (χ2n) is 6.63. The maximum atomic E-state index is 12.7. The van der Waals surface area contributed by atoms with Crippen LogP contribution in [-0.4, -0.2) is 34.2 Å². The summed E-state index contributed by atoms with van der Waals surface area (Å²) < 4.78 is 0. The Morgan fingerprint density at radius 2 is 1.90 bits per heavy atom. The number of anilines is 2. The standard InChI is InChI=1S/C19H16Cl3N5OS/c20-12-1-2-13(14(21)9-12)15-10-29-19(23-15)24-18(28)11-5-7-27(8-6-11)17-4-3-16(22)25-26-17/h1-4,9-11H,5-8H2,(H,23,24,28). The SMILES string of the molecule is O=C(Nc1nc(-c2ccc(Cl)cc2Cl)cs1)C1CCN(c2ccc(Cl)nn2)CC1. The highest BCUT2D eigenvalue weighted by atomic mass is 35.5. The van der Waals surface area contributed by atoms with Crippen LogP contribution in [0.3, 0.4) is 0 Å². The van der Waals surface area contributed by atoms with Crippen LogP contribution in [0.4, 0.5) is 10.9 Å². The first-order valence-corrected chi connectivity index (χ1v) is 11.0. The van der Waals surface area contributed by atoms with E-state index in [0.717, 1.165) is 37.3 Å². The molecule has 0 radical (unpaired) electrons. The number of hydrogen-bond acceptors (Lipinski definition) is 6. The molecule has 1 fully saturated rings. The van der Waals surface area contributed by atoms with E-state index in [0.29, 0.717) is 26.0 Å². The van der Waals surface area contributed by atoms with Crippen LogP contribution in [0.25, 0.3) is 11.3 Å². The van der Waals surface area contributed by atoms with Gasteiger partial charge in [0.15, 0.2) is 16.1 Å². The van der Waals surface area contributed by atoms with Gasteiger partial charge in [-0.3, -0.25) is 4.79 Å². The van der Waals surface area contributed by atoms with Crippen molar-refractivity contribution in [2.24, 2.45) is 5.92 Å². The molecule has 1 saturated heterocycles. The zero-order valence-electron chi connectivity index (χ0n) is 15.1. The number of piperidine rings is 1. The zero-order valence-corrected chi connectivity index (χ0v) is 18.2. The van der Waals surface area contributed by atoms with Crippen LogP contribution in [0, 0.1) is 5.92 Å². The lowest BCUT2D eigenvalue weighted by Crippen LogP contribution is -2.38. The monoisotopic (exact) mass is 467 g/mol. The smallest absolute Gasteiger partial charge is 0.229 e. The molecular formula is C19H16Cl3N5OS. The fourth-order valence-electron chi connectivity index (χ4n) is 3.21. The van der Waals surface area contributed by atoms with E-state index >= 15 is 0 Å². The molecule has 6 nitrogen and oxygen atoms in total. The summed E-state index contributed by atoms with van der Waals surface area (Å²) in [5.74, 6) is 0.686. The summed E-state index contributed by atoms with van der Waals surface area (Å²) in [4.78, 5) is 19.3. The number of hydrogen-bond donors (Lipinski definition) is 1. The molecule has 3 aromatic rings. The average Bonchev–Trinajstić information content (AvgIpc) is 3.17. The summed E-state index contributed by atoms with van der Waals surface area (Å²) in [6.07, 6.45) is 1.47. The van der Waals surface area contributed by atoms with E-state index in [-0.39, 0.29) is 11.8 Å². The fourth-order valence-corrected chi connectivity index (χ4v) is 4.53. The van der Waals surface area contributed by atoms with Gasteiger partial charge in [0, 0.05) is 35.0 Å². The Morgan fingerprint density at radius 1 is 1.10 bits per heavy atom. The molecule has 0 spiro atoms. The van der Waals surface area contributed by atoms with Crippen molar-refractivity contribution in [3.8, 4) is 11.3 Å². The van der Waals surface area contributed by atoms with Crippen molar-refractivity contribution in [2.75, 3.05) is 23.3 Å². The third-order valence-electron chi connectivity index (χ3n) is 4.75. The van der Waals surface area contributed by atoms with Crippen LogP contribution in [-0.2, 0) is 4.79 Å². The largest absolute Gasteiger partial charge is 0.355 e. The molecule has 1 amide bonds. The molecule has 0 saturated carbocycles. The minimum atomic E-state index is -0.0713. The molecule has 150 valence electrons. The molecule has 3 heterocycles. The van der Waals surface area contributed by atoms with Crippen LogP contribution in [0.5, 0.6) is 0 Å². The Kier molecular flexibility index (Phi) is 6.20. The van der Waals surface area contributed by atoms with Gasteiger partial charge in [-0.05, 0) is 43.2 Å². The molecule has 2 aromatic heterocycles. The van der Waals surface area contributed by atoms with Crippen LogP contribution in [0.1, 0.15) is 12.8 Å². The lowest BCUT2D eigenvalue weighted by Gasteiger charge is -2.31. The van der Waals surface area contributed by atoms with Crippen molar-refractivity contribution in [3.63, 3.8) is 0 Å². The van der Waals surface area contributed by atoms with Gasteiger partial charge in [-0.25, -0.2) is 4.98 Å². The normalized spacial score (nSPS) is 14.8. The van der Waals surface area contributed by atoms with Gasteiger partial charge in [-0.1, -0.05) is 34.8 Å². The highest BCUT2D eigenvalue weighted by Crippen LogP contribution is 2.33. The molecule has 1 N–H and O–H groups in total. The summed E-state index contributed by atoms with van der Waals surface area (Å²) in [6.45, 7) is 1.47. The van der Waals surface area contributed by atoms with E-state index in [1.54, 1.807) is 18.2 Å². The van der Waals surface area contributed by atoms with Crippen LogP contribution in [0.15, 0.2) is 35.7 Å². The van der Waals surface area contributed by atoms with Gasteiger partial charge in [-0.15, -0.1) is 21.5 Å². The Balaban J connectivity index is 1.36. The molecule has 1 aliphatic heterocycles. The third kappa shape index (κ3) is 4.80. The Hall–Kier alpha value is -1.93. The molecule has 0 unspecified atom stereocenters. The molecule has 0 atom stereocenters. The number of carbonyl (C=O) groups is 1. The van der Waals surface area contributed by atoms with E-state index in [4.69, 9.17) is 34.8 Å². The van der Waals surface area contributed by atoms with Crippen molar-refractivity contribution >= 4 is 63.0 Å². The Bertz CT molecular complexity index is 1020. The maximum absolute atomic E-state index is 12.7. The minimum absolute atomic E-state index is 0.0186. The van der Waals surface area contributed by atoms with Crippen molar-refractivity contribution in [2.45, 2.75) is 12.8 Å². The number of carbonyl (C=O) groups excluding carboxylic acids is 1. The molecule has 10 heteroatoms. The minimum Gasteiger partial charge on any atom is -0.355 e. The van der Waals surface area contributed by atoms with Gasteiger partial charge < -0.3 is 10.2 Å². The first-order chi connectivity index (χ1) is 14.0. The number of aromatic nitrogens is 3. The molecular weight excluding hydrogens is 453 g/mol. The number of nitrogens with zero attached hydrogens (tertiary/aromatic N) is 4. The van der Waals surface area contributed by atoms with Crippen molar-refractivity contribution in [1.29, 1.82) is 0 Å². The van der Waals surface area contributed by atoms with Crippen molar-refractivity contribution in [3.05, 3.63) is 50.9 Å². The summed E-state index contributed by atoms with van der Waals surface area (Å²) in [7, 11) is 0. The zero-order chi connectivity index (χ0) is 20.4. The predicted molar refractivity (Wildman–Crippen MR) is 118 cm³/mol. The van der Waals surface area contributed by atoms with Crippen LogP contribution < -0.4 is 10.2 Å². The summed E-state index contributed by atoms with van der Waals surface area (Å²) in [5.41, 5.74) is 1.49. The lowest BCUT2D eigenvalue weighted by molar-refractivity contribution is -0.120. The molecule has 1 aromatic carbocycles. The highest BCUT2D eigenvalue weighted by Gasteiger charge is 2.26. The summed E-state index contributed by atoms with van der Waals surface area (Å²) in [5, 5.41) is 14.8. The van der Waals surface area contributed by atoms with Gasteiger partial charge in [0.1, 0.15) is 0 Å². The van der Waals surface area contributed by atoms with Crippen LogP contribution >= 0.6 is 46.1 Å². The van der Waals surface area contributed by atoms with E-state index in [1.165, 1.54) is 11.3 Å². The predicted octanol–water partition coefficient (Wildman–Crippen LogP) is 5.42. The van der Waals surface area contributed by atoms with Gasteiger partial charge in [-0.2, -0.15) is 0 Å². The number of thiazole rings is 1. The quantitative estimate of drug-likeness (QED) is 0.554. The molecule has 4 rings (SSSR count). The number of amides is 1. The second-order valence-corrected chi connectivity index (χ2v) is 8.72.